The molecule has 15 rings (SSSR count). The minimum atomic E-state index is 0.753. The summed E-state index contributed by atoms with van der Waals surface area (Å²) in [5.74, 6) is 3.21. The lowest BCUT2D eigenvalue weighted by molar-refractivity contribution is 0.668. The second-order valence-corrected chi connectivity index (χ2v) is 20.8. The van der Waals surface area contributed by atoms with Crippen LogP contribution in [0.15, 0.2) is 176 Å². The van der Waals surface area contributed by atoms with Crippen molar-refractivity contribution in [1.82, 2.24) is 57.3 Å². The van der Waals surface area contributed by atoms with Crippen LogP contribution in [0.4, 0.5) is 0 Å². The molecule has 15 aromatic rings. The smallest absolute Gasteiger partial charge is 0.147 e. The Kier molecular flexibility index (Phi) is 10.0. The van der Waals surface area contributed by atoms with Gasteiger partial charge in [0.15, 0.2) is 0 Å². The molecule has 0 amide bonds. The Balaban J connectivity index is 0.987. The third kappa shape index (κ3) is 6.44. The first-order valence-electron chi connectivity index (χ1n) is 26.5. The first-order chi connectivity index (χ1) is 38.6. The van der Waals surface area contributed by atoms with E-state index in [1.165, 1.54) is 0 Å². The highest BCUT2D eigenvalue weighted by Gasteiger charge is 2.32. The van der Waals surface area contributed by atoms with Gasteiger partial charge in [-0.3, -0.25) is 19.1 Å². The van der Waals surface area contributed by atoms with E-state index in [2.05, 4.69) is 188 Å². The Hall–Kier alpha value is -10.1. The fourth-order valence-electron chi connectivity index (χ4n) is 13.1. The summed E-state index contributed by atoms with van der Waals surface area (Å²) in [5, 5.41) is 6.52. The zero-order valence-electron chi connectivity index (χ0n) is 44.9. The number of hydrogen-bond acceptors (Lipinski definition) is 7. The molecule has 9 aromatic heterocycles. The zero-order valence-corrected chi connectivity index (χ0v) is 44.9. The van der Waals surface area contributed by atoms with E-state index in [0.29, 0.717) is 0 Å². The second kappa shape index (κ2) is 17.2. The number of benzene rings is 6. The SMILES string of the molecule is Cc1c(-n2ccnc2-c2c(C)c(-c3nccn3C)c3oc4c(-c5nccn5C)c(C)c(-c5nccn5-c5cccc(-n6c7ccccc7c7cnccc76)c5C)c(C)c4c3c2C)cccc1-n1c2ccccc2c2cnccc21. The van der Waals surface area contributed by atoms with Crippen LogP contribution in [-0.4, -0.2) is 57.3 Å². The van der Waals surface area contributed by atoms with Crippen molar-refractivity contribution in [3.63, 3.8) is 0 Å². The summed E-state index contributed by atoms with van der Waals surface area (Å²) in [6.45, 7) is 13.2. The second-order valence-electron chi connectivity index (χ2n) is 20.8. The molecule has 0 unspecified atom stereocenters. The molecule has 0 N–H and O–H groups in total. The van der Waals surface area contributed by atoms with Gasteiger partial charge >= 0.3 is 0 Å². The third-order valence-corrected chi connectivity index (χ3v) is 16.7. The van der Waals surface area contributed by atoms with Crippen molar-refractivity contribution < 1.29 is 4.42 Å². The van der Waals surface area contributed by atoms with Gasteiger partial charge in [0.25, 0.3) is 0 Å². The zero-order chi connectivity index (χ0) is 53.5. The van der Waals surface area contributed by atoms with Gasteiger partial charge in [0.2, 0.25) is 0 Å². The molecule has 0 spiro atoms. The molecule has 0 bridgehead atoms. The molecule has 0 aliphatic carbocycles. The van der Waals surface area contributed by atoms with Crippen molar-refractivity contribution in [1.29, 1.82) is 0 Å². The number of aromatic nitrogens is 12. The number of rotatable bonds is 8. The molecule has 0 atom stereocenters. The predicted octanol–water partition coefficient (Wildman–Crippen LogP) is 14.9. The van der Waals surface area contributed by atoms with Gasteiger partial charge in [-0.2, -0.15) is 0 Å². The summed E-state index contributed by atoms with van der Waals surface area (Å²) in [4.78, 5) is 29.7. The lowest BCUT2D eigenvalue weighted by atomic mass is 9.87. The highest BCUT2D eigenvalue weighted by atomic mass is 16.3. The van der Waals surface area contributed by atoms with Crippen LogP contribution in [0.5, 0.6) is 0 Å². The summed E-state index contributed by atoms with van der Waals surface area (Å²) >= 11 is 0. The van der Waals surface area contributed by atoms with Crippen molar-refractivity contribution in [2.45, 2.75) is 41.5 Å². The third-order valence-electron chi connectivity index (χ3n) is 16.7. The number of hydrogen-bond donors (Lipinski definition) is 0. The van der Waals surface area contributed by atoms with Crippen LogP contribution in [0, 0.1) is 41.5 Å². The van der Waals surface area contributed by atoms with E-state index in [0.717, 1.165) is 167 Å². The number of aryl methyl sites for hydroxylation is 4. The minimum absolute atomic E-state index is 0.753. The monoisotopic (exact) mass is 1030 g/mol. The highest BCUT2D eigenvalue weighted by molar-refractivity contribution is 6.19. The van der Waals surface area contributed by atoms with Crippen molar-refractivity contribution in [2.75, 3.05) is 0 Å². The number of furan rings is 1. The maximum absolute atomic E-state index is 7.49. The Morgan fingerprint density at radius 2 is 0.734 bits per heavy atom. The van der Waals surface area contributed by atoms with Gasteiger partial charge < -0.3 is 22.7 Å². The molecule has 6 aromatic carbocycles. The van der Waals surface area contributed by atoms with Crippen LogP contribution < -0.4 is 0 Å². The Bertz CT molecular complexity index is 4610. The van der Waals surface area contributed by atoms with E-state index in [9.17, 15) is 0 Å². The molecular formula is C66H52N12O. The molecule has 0 aliphatic heterocycles. The summed E-state index contributed by atoms with van der Waals surface area (Å²) in [7, 11) is 4.08. The van der Waals surface area contributed by atoms with Gasteiger partial charge in [0.1, 0.15) is 34.5 Å². The van der Waals surface area contributed by atoms with E-state index in [-0.39, 0.29) is 0 Å². The lowest BCUT2D eigenvalue weighted by Crippen LogP contribution is -2.07. The van der Waals surface area contributed by atoms with Crippen LogP contribution in [-0.2, 0) is 14.1 Å². The molecular weight excluding hydrogens is 977 g/mol. The lowest BCUT2D eigenvalue weighted by Gasteiger charge is -2.20. The maximum Gasteiger partial charge on any atom is 0.147 e. The number of imidazole rings is 4. The van der Waals surface area contributed by atoms with Gasteiger partial charge in [0, 0.05) is 132 Å². The Labute approximate surface area is 454 Å². The molecule has 0 aliphatic rings. The van der Waals surface area contributed by atoms with E-state index in [1.807, 2.05) is 76.1 Å². The van der Waals surface area contributed by atoms with Crippen molar-refractivity contribution in [3.8, 4) is 68.3 Å². The maximum atomic E-state index is 7.49. The van der Waals surface area contributed by atoms with Crippen molar-refractivity contribution in [3.05, 3.63) is 205 Å². The van der Waals surface area contributed by atoms with Crippen molar-refractivity contribution in [2.24, 2.45) is 14.1 Å². The van der Waals surface area contributed by atoms with E-state index in [1.54, 1.807) is 0 Å². The van der Waals surface area contributed by atoms with Crippen LogP contribution in [0.2, 0.25) is 0 Å². The highest BCUT2D eigenvalue weighted by Crippen LogP contribution is 2.51. The Morgan fingerprint density at radius 3 is 1.16 bits per heavy atom. The molecule has 79 heavy (non-hydrogen) atoms. The van der Waals surface area contributed by atoms with Crippen LogP contribution in [0.1, 0.15) is 33.4 Å². The van der Waals surface area contributed by atoms with E-state index in [4.69, 9.17) is 24.4 Å². The first-order valence-corrected chi connectivity index (χ1v) is 26.5. The fourth-order valence-corrected chi connectivity index (χ4v) is 13.1. The molecule has 13 heteroatoms. The average Bonchev–Trinajstić information content (AvgIpc) is 4.42. The fraction of sp³-hybridized carbons (Fsp3) is 0.121. The van der Waals surface area contributed by atoms with Gasteiger partial charge in [-0.1, -0.05) is 48.5 Å². The van der Waals surface area contributed by atoms with Gasteiger partial charge in [-0.15, -0.1) is 0 Å². The van der Waals surface area contributed by atoms with Crippen LogP contribution >= 0.6 is 0 Å². The van der Waals surface area contributed by atoms with Gasteiger partial charge in [-0.05, 0) is 123 Å². The normalized spacial score (nSPS) is 12.1. The van der Waals surface area contributed by atoms with Gasteiger partial charge in [0.05, 0.1) is 55.9 Å². The number of para-hydroxylation sites is 2. The predicted molar refractivity (Wildman–Crippen MR) is 316 cm³/mol. The topological polar surface area (TPSA) is 120 Å². The van der Waals surface area contributed by atoms with Crippen molar-refractivity contribution >= 4 is 65.6 Å². The van der Waals surface area contributed by atoms with Gasteiger partial charge in [-0.25, -0.2) is 19.9 Å². The molecule has 0 saturated heterocycles. The number of nitrogens with zero attached hydrogens (tertiary/aromatic N) is 12. The summed E-state index contributed by atoms with van der Waals surface area (Å²) in [5.41, 5.74) is 20.3. The summed E-state index contributed by atoms with van der Waals surface area (Å²) in [6, 6.07) is 34.4. The standard InChI is InChI=1S/C66H52N12O/c1-37-47(19-13-21-49(37)77-51-17-11-9-15-43(51)45-35-67-25-23-53(45)77)75-33-29-71-65(75)55-39(3)57-58-40(4)56(42(6)60(64-70-28-32-74(64)8)62(58)79-61(57)59(41(55)5)63-69-27-31-73(63)7)66-72-30-34-76(66)48-20-14-22-50(38(48)2)78-52-18-12-10-16-44(52)46-36-68-26-24-54(46)78/h9-36H,1-8H3. The Morgan fingerprint density at radius 1 is 0.342 bits per heavy atom. The molecule has 0 radical (unpaired) electrons. The molecule has 0 fully saturated rings. The van der Waals surface area contributed by atoms with Crippen LogP contribution in [0.3, 0.4) is 0 Å². The van der Waals surface area contributed by atoms with Crippen LogP contribution in [0.25, 0.3) is 134 Å². The minimum Gasteiger partial charge on any atom is -0.454 e. The van der Waals surface area contributed by atoms with E-state index >= 15 is 0 Å². The summed E-state index contributed by atoms with van der Waals surface area (Å²) in [6.07, 6.45) is 23.3. The number of pyridine rings is 2. The summed E-state index contributed by atoms with van der Waals surface area (Å²) < 4.78 is 20.8. The first kappa shape index (κ1) is 46.2. The largest absolute Gasteiger partial charge is 0.454 e. The number of fused-ring (bicyclic) bond motifs is 9. The molecule has 9 heterocycles. The molecule has 0 saturated carbocycles. The molecule has 13 nitrogen and oxygen atoms in total. The molecule has 382 valence electrons. The average molecular weight is 1030 g/mol. The quantitative estimate of drug-likeness (QED) is 0.149. The van der Waals surface area contributed by atoms with E-state index < -0.39 is 0 Å².